The van der Waals surface area contributed by atoms with E-state index >= 15 is 0 Å². The first-order chi connectivity index (χ1) is 10.1. The van der Waals surface area contributed by atoms with Gasteiger partial charge in [-0.05, 0) is 31.9 Å². The van der Waals surface area contributed by atoms with Crippen LogP contribution in [0.1, 0.15) is 28.5 Å². The molecule has 1 aliphatic carbocycles. The third-order valence-corrected chi connectivity index (χ3v) is 5.21. The normalized spacial score (nSPS) is 20.5. The Morgan fingerprint density at radius 2 is 2.38 bits per heavy atom. The van der Waals surface area contributed by atoms with E-state index in [0.29, 0.717) is 11.8 Å². The summed E-state index contributed by atoms with van der Waals surface area (Å²) in [6.45, 7) is 3.84. The first kappa shape index (κ1) is 14.3. The largest absolute Gasteiger partial charge is 0.345 e. The van der Waals surface area contributed by atoms with Crippen molar-refractivity contribution in [1.82, 2.24) is 14.5 Å². The van der Waals surface area contributed by atoms with Crippen LogP contribution in [-0.4, -0.2) is 34.0 Å². The maximum Gasteiger partial charge on any atom is 0.226 e. The van der Waals surface area contributed by atoms with Gasteiger partial charge < -0.3 is 9.47 Å². The molecule has 1 amide bonds. The average molecular weight is 303 g/mol. The lowest BCUT2D eigenvalue weighted by Crippen LogP contribution is -2.30. The first-order valence-corrected chi connectivity index (χ1v) is 8.24. The SMILES string of the molecule is Cc1ccc(C2CC2C(=O)N(C)CCCn2ccnc2)s1. The van der Waals surface area contributed by atoms with Crippen LogP contribution < -0.4 is 0 Å². The zero-order chi connectivity index (χ0) is 14.8. The average Bonchev–Trinajstić information content (AvgIpc) is 2.87. The maximum atomic E-state index is 12.4. The highest BCUT2D eigenvalue weighted by atomic mass is 32.1. The second kappa shape index (κ2) is 6.02. The van der Waals surface area contributed by atoms with Gasteiger partial charge in [-0.3, -0.25) is 4.79 Å². The number of carbonyl (C=O) groups excluding carboxylic acids is 1. The molecule has 2 heterocycles. The zero-order valence-electron chi connectivity index (χ0n) is 12.5. The maximum absolute atomic E-state index is 12.4. The van der Waals surface area contributed by atoms with E-state index in [1.807, 2.05) is 40.4 Å². The summed E-state index contributed by atoms with van der Waals surface area (Å²) in [5.41, 5.74) is 0. The predicted octanol–water partition coefficient (Wildman–Crippen LogP) is 2.91. The molecule has 2 unspecified atom stereocenters. The van der Waals surface area contributed by atoms with Crippen LogP contribution in [0, 0.1) is 12.8 Å². The van der Waals surface area contributed by atoms with Gasteiger partial charge in [-0.25, -0.2) is 4.98 Å². The number of thiophene rings is 1. The molecule has 5 heteroatoms. The van der Waals surface area contributed by atoms with Crippen molar-refractivity contribution < 1.29 is 4.79 Å². The molecule has 0 aliphatic heterocycles. The number of amides is 1. The van der Waals surface area contributed by atoms with Gasteiger partial charge in [0.1, 0.15) is 0 Å². The molecule has 4 nitrogen and oxygen atoms in total. The van der Waals surface area contributed by atoms with Gasteiger partial charge in [0.05, 0.1) is 6.33 Å². The second-order valence-corrected chi connectivity index (χ2v) is 7.13. The van der Waals surface area contributed by atoms with Crippen molar-refractivity contribution >= 4 is 17.2 Å². The number of nitrogens with zero attached hydrogens (tertiary/aromatic N) is 3. The van der Waals surface area contributed by atoms with Crippen LogP contribution in [0.25, 0.3) is 0 Å². The van der Waals surface area contributed by atoms with E-state index in [2.05, 4.69) is 24.0 Å². The number of carbonyl (C=O) groups is 1. The monoisotopic (exact) mass is 303 g/mol. The minimum Gasteiger partial charge on any atom is -0.345 e. The van der Waals surface area contributed by atoms with Crippen molar-refractivity contribution in [2.45, 2.75) is 32.2 Å². The minimum absolute atomic E-state index is 0.210. The molecule has 1 saturated carbocycles. The van der Waals surface area contributed by atoms with E-state index in [9.17, 15) is 4.79 Å². The Morgan fingerprint density at radius 1 is 1.52 bits per heavy atom. The predicted molar refractivity (Wildman–Crippen MR) is 84.4 cm³/mol. The highest BCUT2D eigenvalue weighted by molar-refractivity contribution is 7.12. The number of aromatic nitrogens is 2. The molecular formula is C16H21N3OS. The molecule has 0 N–H and O–H groups in total. The van der Waals surface area contributed by atoms with Gasteiger partial charge in [0, 0.05) is 54.1 Å². The van der Waals surface area contributed by atoms with E-state index in [0.717, 1.165) is 25.9 Å². The van der Waals surface area contributed by atoms with E-state index in [-0.39, 0.29) is 5.92 Å². The lowest BCUT2D eigenvalue weighted by molar-refractivity contribution is -0.131. The minimum atomic E-state index is 0.210. The zero-order valence-corrected chi connectivity index (χ0v) is 13.3. The van der Waals surface area contributed by atoms with Crippen molar-refractivity contribution in [2.75, 3.05) is 13.6 Å². The van der Waals surface area contributed by atoms with E-state index in [1.165, 1.54) is 9.75 Å². The van der Waals surface area contributed by atoms with Gasteiger partial charge in [-0.2, -0.15) is 0 Å². The van der Waals surface area contributed by atoms with Crippen molar-refractivity contribution in [3.05, 3.63) is 40.6 Å². The van der Waals surface area contributed by atoms with Crippen LogP contribution >= 0.6 is 11.3 Å². The number of hydrogen-bond acceptors (Lipinski definition) is 3. The summed E-state index contributed by atoms with van der Waals surface area (Å²) in [7, 11) is 1.92. The number of imidazole rings is 1. The third-order valence-electron chi connectivity index (χ3n) is 4.08. The van der Waals surface area contributed by atoms with Gasteiger partial charge in [0.25, 0.3) is 0 Å². The van der Waals surface area contributed by atoms with Crippen LogP contribution in [0.5, 0.6) is 0 Å². The second-order valence-electron chi connectivity index (χ2n) is 5.81. The molecule has 0 spiro atoms. The molecule has 2 aromatic rings. The van der Waals surface area contributed by atoms with Gasteiger partial charge in [0.2, 0.25) is 5.91 Å². The molecule has 0 bridgehead atoms. The molecule has 1 aliphatic rings. The van der Waals surface area contributed by atoms with Crippen molar-refractivity contribution in [3.63, 3.8) is 0 Å². The van der Waals surface area contributed by atoms with Gasteiger partial charge >= 0.3 is 0 Å². The fraction of sp³-hybridized carbons (Fsp3) is 0.500. The molecule has 2 aromatic heterocycles. The molecule has 21 heavy (non-hydrogen) atoms. The van der Waals surface area contributed by atoms with Crippen LogP contribution in [0.2, 0.25) is 0 Å². The molecule has 3 rings (SSSR count). The summed E-state index contributed by atoms with van der Waals surface area (Å²) in [6, 6.07) is 4.33. The summed E-state index contributed by atoms with van der Waals surface area (Å²) >= 11 is 1.83. The summed E-state index contributed by atoms with van der Waals surface area (Å²) in [4.78, 5) is 21.0. The Bertz CT molecular complexity index is 605. The highest BCUT2D eigenvalue weighted by Gasteiger charge is 2.45. The van der Waals surface area contributed by atoms with Crippen molar-refractivity contribution in [3.8, 4) is 0 Å². The quantitative estimate of drug-likeness (QED) is 0.823. The Labute approximate surface area is 129 Å². The Hall–Kier alpha value is -1.62. The van der Waals surface area contributed by atoms with Crippen LogP contribution in [-0.2, 0) is 11.3 Å². The van der Waals surface area contributed by atoms with E-state index in [4.69, 9.17) is 0 Å². The summed E-state index contributed by atoms with van der Waals surface area (Å²) in [6.07, 6.45) is 7.54. The van der Waals surface area contributed by atoms with Gasteiger partial charge in [-0.1, -0.05) is 0 Å². The first-order valence-electron chi connectivity index (χ1n) is 7.42. The highest BCUT2D eigenvalue weighted by Crippen LogP contribution is 2.50. The van der Waals surface area contributed by atoms with Crippen molar-refractivity contribution in [1.29, 1.82) is 0 Å². The van der Waals surface area contributed by atoms with E-state index < -0.39 is 0 Å². The summed E-state index contributed by atoms with van der Waals surface area (Å²) in [5, 5.41) is 0. The van der Waals surface area contributed by atoms with E-state index in [1.54, 1.807) is 6.20 Å². The van der Waals surface area contributed by atoms with Gasteiger partial charge in [-0.15, -0.1) is 11.3 Å². The molecule has 0 aromatic carbocycles. The van der Waals surface area contributed by atoms with Crippen LogP contribution in [0.4, 0.5) is 0 Å². The Morgan fingerprint density at radius 3 is 3.05 bits per heavy atom. The molecule has 1 fully saturated rings. The molecule has 0 radical (unpaired) electrons. The molecule has 0 saturated heterocycles. The lowest BCUT2D eigenvalue weighted by Gasteiger charge is -2.17. The standard InChI is InChI=1S/C16H21N3OS/c1-12-4-5-15(21-12)13-10-14(13)16(20)18(2)7-3-8-19-9-6-17-11-19/h4-6,9,11,13-14H,3,7-8,10H2,1-2H3. The third kappa shape index (κ3) is 3.35. The Balaban J connectivity index is 1.45. The lowest BCUT2D eigenvalue weighted by atomic mass is 10.2. The smallest absolute Gasteiger partial charge is 0.226 e. The number of hydrogen-bond donors (Lipinski definition) is 0. The summed E-state index contributed by atoms with van der Waals surface area (Å²) < 4.78 is 2.05. The summed E-state index contributed by atoms with van der Waals surface area (Å²) in [5.74, 6) is 0.977. The molecule has 2 atom stereocenters. The number of rotatable bonds is 6. The van der Waals surface area contributed by atoms with Gasteiger partial charge in [0.15, 0.2) is 0 Å². The van der Waals surface area contributed by atoms with Crippen LogP contribution in [0.15, 0.2) is 30.9 Å². The fourth-order valence-corrected chi connectivity index (χ4v) is 3.79. The Kier molecular flexibility index (Phi) is 4.10. The fourth-order valence-electron chi connectivity index (χ4n) is 2.74. The number of aryl methyl sites for hydroxylation is 2. The molecular weight excluding hydrogens is 282 g/mol. The van der Waals surface area contributed by atoms with Crippen molar-refractivity contribution in [2.24, 2.45) is 5.92 Å². The molecule has 112 valence electrons. The topological polar surface area (TPSA) is 38.1 Å². The van der Waals surface area contributed by atoms with Crippen LogP contribution in [0.3, 0.4) is 0 Å².